The highest BCUT2D eigenvalue weighted by Gasteiger charge is 2.01. The molecule has 1 N–H and O–H groups in total. The van der Waals surface area contributed by atoms with Crippen molar-refractivity contribution in [2.75, 3.05) is 5.32 Å². The van der Waals surface area contributed by atoms with Crippen LogP contribution in [0.1, 0.15) is 0 Å². The van der Waals surface area contributed by atoms with Crippen molar-refractivity contribution in [3.05, 3.63) is 60.9 Å². The monoisotopic (exact) mass is 239 g/mol. The Labute approximate surface area is 103 Å². The predicted octanol–water partition coefficient (Wildman–Crippen LogP) is 3.51. The second-order valence-electron chi connectivity index (χ2n) is 3.89. The molecule has 0 saturated carbocycles. The number of aromatic nitrogens is 2. The fourth-order valence-corrected chi connectivity index (χ4v) is 1.87. The van der Waals surface area contributed by atoms with Crippen molar-refractivity contribution < 1.29 is 4.39 Å². The Bertz CT molecular complexity index is 692. The lowest BCUT2D eigenvalue weighted by Gasteiger charge is -2.09. The Hall–Kier alpha value is -2.49. The smallest absolute Gasteiger partial charge is 0.214 e. The molecule has 0 amide bonds. The number of rotatable bonds is 2. The van der Waals surface area contributed by atoms with E-state index in [2.05, 4.69) is 15.3 Å². The maximum Gasteiger partial charge on any atom is 0.214 e. The Morgan fingerprint density at radius 1 is 1.06 bits per heavy atom. The number of anilines is 2. The van der Waals surface area contributed by atoms with Crippen LogP contribution in [0.5, 0.6) is 0 Å². The molecule has 4 heteroatoms. The maximum atomic E-state index is 13.0. The molecular formula is C14H10FN3. The first kappa shape index (κ1) is 10.7. The Balaban J connectivity index is 2.05. The van der Waals surface area contributed by atoms with E-state index in [0.717, 1.165) is 16.5 Å². The summed E-state index contributed by atoms with van der Waals surface area (Å²) < 4.78 is 13.0. The third-order valence-corrected chi connectivity index (χ3v) is 2.69. The molecule has 3 nitrogen and oxygen atoms in total. The molecule has 0 spiro atoms. The van der Waals surface area contributed by atoms with Crippen molar-refractivity contribution >= 4 is 22.1 Å². The molecule has 0 aliphatic heterocycles. The van der Waals surface area contributed by atoms with Crippen LogP contribution in [-0.2, 0) is 0 Å². The first-order valence-electron chi connectivity index (χ1n) is 5.54. The highest BCUT2D eigenvalue weighted by Crippen LogP contribution is 2.25. The molecule has 2 heterocycles. The van der Waals surface area contributed by atoms with Gasteiger partial charge in [-0.1, -0.05) is 12.1 Å². The minimum Gasteiger partial charge on any atom is -0.355 e. The average molecular weight is 239 g/mol. The van der Waals surface area contributed by atoms with Crippen LogP contribution in [0.15, 0.2) is 55.0 Å². The summed E-state index contributed by atoms with van der Waals surface area (Å²) >= 11 is 0. The normalized spacial score (nSPS) is 10.5. The fourth-order valence-electron chi connectivity index (χ4n) is 1.87. The third-order valence-electron chi connectivity index (χ3n) is 2.69. The minimum atomic E-state index is -0.498. The summed E-state index contributed by atoms with van der Waals surface area (Å²) in [6.45, 7) is 0. The van der Waals surface area contributed by atoms with Crippen molar-refractivity contribution in [3.8, 4) is 0 Å². The van der Waals surface area contributed by atoms with Gasteiger partial charge in [-0.05, 0) is 18.2 Å². The largest absolute Gasteiger partial charge is 0.355 e. The highest BCUT2D eigenvalue weighted by molar-refractivity contribution is 5.94. The van der Waals surface area contributed by atoms with Gasteiger partial charge >= 0.3 is 0 Å². The van der Waals surface area contributed by atoms with Crippen LogP contribution in [0.25, 0.3) is 10.8 Å². The van der Waals surface area contributed by atoms with E-state index in [-0.39, 0.29) is 0 Å². The van der Waals surface area contributed by atoms with Crippen LogP contribution < -0.4 is 5.32 Å². The van der Waals surface area contributed by atoms with E-state index in [4.69, 9.17) is 0 Å². The molecule has 0 atom stereocenters. The minimum absolute atomic E-state index is 0.498. The molecule has 0 unspecified atom stereocenters. The molecule has 2 aromatic heterocycles. The lowest BCUT2D eigenvalue weighted by molar-refractivity contribution is 0.584. The van der Waals surface area contributed by atoms with Gasteiger partial charge in [0.2, 0.25) is 5.95 Å². The SMILES string of the molecule is Fc1cc(Nc2cccc3cnccc23)ccn1. The van der Waals surface area contributed by atoms with Gasteiger partial charge in [-0.25, -0.2) is 4.98 Å². The van der Waals surface area contributed by atoms with E-state index < -0.39 is 5.95 Å². The fraction of sp³-hybridized carbons (Fsp3) is 0. The summed E-state index contributed by atoms with van der Waals surface area (Å²) in [4.78, 5) is 7.60. The first-order valence-corrected chi connectivity index (χ1v) is 5.54. The summed E-state index contributed by atoms with van der Waals surface area (Å²) in [5.41, 5.74) is 1.59. The van der Waals surface area contributed by atoms with Crippen molar-refractivity contribution in [2.45, 2.75) is 0 Å². The molecule has 88 valence electrons. The summed E-state index contributed by atoms with van der Waals surface area (Å²) in [7, 11) is 0. The lowest BCUT2D eigenvalue weighted by atomic mass is 10.1. The van der Waals surface area contributed by atoms with Gasteiger partial charge in [0.25, 0.3) is 0 Å². The van der Waals surface area contributed by atoms with Crippen LogP contribution in [0.4, 0.5) is 15.8 Å². The van der Waals surface area contributed by atoms with Crippen molar-refractivity contribution in [1.82, 2.24) is 9.97 Å². The lowest BCUT2D eigenvalue weighted by Crippen LogP contribution is -1.93. The number of fused-ring (bicyclic) bond motifs is 1. The van der Waals surface area contributed by atoms with Crippen LogP contribution in [0, 0.1) is 5.95 Å². The standard InChI is InChI=1S/C14H10FN3/c15-14-8-11(4-7-17-14)18-13-3-1-2-10-9-16-6-5-12(10)13/h1-9H,(H,17,18). The average Bonchev–Trinajstić information content (AvgIpc) is 2.39. The molecule has 0 saturated heterocycles. The van der Waals surface area contributed by atoms with Crippen LogP contribution >= 0.6 is 0 Å². The van der Waals surface area contributed by atoms with Crippen LogP contribution in [0.3, 0.4) is 0 Å². The topological polar surface area (TPSA) is 37.8 Å². The van der Waals surface area contributed by atoms with E-state index in [1.807, 2.05) is 24.3 Å². The molecule has 0 radical (unpaired) electrons. The zero-order valence-corrected chi connectivity index (χ0v) is 9.47. The number of nitrogens with zero attached hydrogens (tertiary/aromatic N) is 2. The number of hydrogen-bond acceptors (Lipinski definition) is 3. The van der Waals surface area contributed by atoms with Gasteiger partial charge in [-0.2, -0.15) is 4.39 Å². The molecule has 1 aromatic carbocycles. The number of pyridine rings is 2. The van der Waals surface area contributed by atoms with Crippen molar-refractivity contribution in [1.29, 1.82) is 0 Å². The highest BCUT2D eigenvalue weighted by atomic mass is 19.1. The number of benzene rings is 1. The van der Waals surface area contributed by atoms with Crippen LogP contribution in [-0.4, -0.2) is 9.97 Å². The van der Waals surface area contributed by atoms with E-state index in [9.17, 15) is 4.39 Å². The van der Waals surface area contributed by atoms with Gasteiger partial charge in [0.1, 0.15) is 0 Å². The maximum absolute atomic E-state index is 13.0. The molecule has 0 aliphatic rings. The predicted molar refractivity (Wildman–Crippen MR) is 69.2 cm³/mol. The molecule has 3 rings (SSSR count). The second-order valence-corrected chi connectivity index (χ2v) is 3.89. The summed E-state index contributed by atoms with van der Waals surface area (Å²) in [6.07, 6.45) is 4.97. The van der Waals surface area contributed by atoms with E-state index in [0.29, 0.717) is 5.69 Å². The first-order chi connectivity index (χ1) is 8.83. The van der Waals surface area contributed by atoms with E-state index in [1.165, 1.54) is 12.3 Å². The van der Waals surface area contributed by atoms with Gasteiger partial charge in [-0.15, -0.1) is 0 Å². The van der Waals surface area contributed by atoms with Gasteiger partial charge < -0.3 is 5.32 Å². The molecular weight excluding hydrogens is 229 g/mol. The van der Waals surface area contributed by atoms with Gasteiger partial charge in [0.05, 0.1) is 0 Å². The van der Waals surface area contributed by atoms with Crippen molar-refractivity contribution in [3.63, 3.8) is 0 Å². The van der Waals surface area contributed by atoms with Crippen LogP contribution in [0.2, 0.25) is 0 Å². The number of nitrogens with one attached hydrogen (secondary N) is 1. The third kappa shape index (κ3) is 2.00. The Morgan fingerprint density at radius 2 is 2.00 bits per heavy atom. The summed E-state index contributed by atoms with van der Waals surface area (Å²) in [5.74, 6) is -0.498. The molecule has 0 bridgehead atoms. The Kier molecular flexibility index (Phi) is 2.61. The zero-order valence-electron chi connectivity index (χ0n) is 9.47. The van der Waals surface area contributed by atoms with Gasteiger partial charge in [-0.3, -0.25) is 4.98 Å². The summed E-state index contributed by atoms with van der Waals surface area (Å²) in [6, 6.07) is 10.9. The quantitative estimate of drug-likeness (QED) is 0.695. The molecule has 3 aromatic rings. The van der Waals surface area contributed by atoms with Crippen molar-refractivity contribution in [2.24, 2.45) is 0 Å². The van der Waals surface area contributed by atoms with E-state index in [1.54, 1.807) is 18.5 Å². The zero-order chi connectivity index (χ0) is 12.4. The molecule has 0 fully saturated rings. The van der Waals surface area contributed by atoms with Gasteiger partial charge in [0.15, 0.2) is 0 Å². The Morgan fingerprint density at radius 3 is 2.89 bits per heavy atom. The number of halogens is 1. The van der Waals surface area contributed by atoms with Gasteiger partial charge in [0, 0.05) is 46.8 Å². The summed E-state index contributed by atoms with van der Waals surface area (Å²) in [5, 5.41) is 5.26. The van der Waals surface area contributed by atoms with E-state index >= 15 is 0 Å². The number of hydrogen-bond donors (Lipinski definition) is 1. The molecule has 0 aliphatic carbocycles. The second kappa shape index (κ2) is 4.41. The molecule has 18 heavy (non-hydrogen) atoms.